The van der Waals surface area contributed by atoms with Crippen LogP contribution in [-0.2, 0) is 7.05 Å². The van der Waals surface area contributed by atoms with Gasteiger partial charge in [0.1, 0.15) is 6.33 Å². The van der Waals surface area contributed by atoms with Crippen molar-refractivity contribution in [2.24, 2.45) is 7.05 Å². The molecule has 22 heavy (non-hydrogen) atoms. The highest BCUT2D eigenvalue weighted by atomic mass is 16.3. The Kier molecular flexibility index (Phi) is 5.48. The number of nitrogens with one attached hydrogen (secondary N) is 2. The predicted molar refractivity (Wildman–Crippen MR) is 84.4 cm³/mol. The molecule has 0 radical (unpaired) electrons. The van der Waals surface area contributed by atoms with Crippen LogP contribution in [0.5, 0.6) is 0 Å². The van der Waals surface area contributed by atoms with Gasteiger partial charge in [0.2, 0.25) is 0 Å². The number of aliphatic hydroxyl groups excluding tert-OH is 1. The summed E-state index contributed by atoms with van der Waals surface area (Å²) in [6.07, 6.45) is 2.65. The Hall–Kier alpha value is -2.41. The minimum absolute atomic E-state index is 0.237. The van der Waals surface area contributed by atoms with Gasteiger partial charge in [-0.05, 0) is 18.6 Å². The van der Waals surface area contributed by atoms with E-state index in [1.807, 2.05) is 19.1 Å². The molecule has 0 saturated carbocycles. The van der Waals surface area contributed by atoms with Gasteiger partial charge in [-0.25, -0.2) is 9.78 Å². The lowest BCUT2D eigenvalue weighted by molar-refractivity contribution is 0.162. The lowest BCUT2D eigenvalue weighted by atomic mass is 10.2. The number of nitrogens with zero attached hydrogens (tertiary/aromatic N) is 3. The fourth-order valence-electron chi connectivity index (χ4n) is 2.03. The number of carbonyl (C=O) groups is 1. The first-order chi connectivity index (χ1) is 10.6. The highest BCUT2D eigenvalue weighted by Gasteiger charge is 2.08. The maximum absolute atomic E-state index is 11.8. The molecule has 1 heterocycles. The molecule has 0 bridgehead atoms. The number of benzene rings is 1. The summed E-state index contributed by atoms with van der Waals surface area (Å²) in [7, 11) is 1.80. The molecule has 7 heteroatoms. The molecule has 2 aromatic rings. The Balaban J connectivity index is 1.94. The Bertz CT molecular complexity index is 626. The number of urea groups is 1. The Morgan fingerprint density at radius 1 is 1.45 bits per heavy atom. The van der Waals surface area contributed by atoms with E-state index in [1.54, 1.807) is 30.2 Å². The zero-order valence-electron chi connectivity index (χ0n) is 12.8. The van der Waals surface area contributed by atoms with Gasteiger partial charge >= 0.3 is 6.03 Å². The van der Waals surface area contributed by atoms with Crippen LogP contribution in [0.25, 0.3) is 11.4 Å². The topological polar surface area (TPSA) is 92.1 Å². The summed E-state index contributed by atoms with van der Waals surface area (Å²) in [5, 5.41) is 19.2. The van der Waals surface area contributed by atoms with Crippen molar-refractivity contribution >= 4 is 11.7 Å². The highest BCUT2D eigenvalue weighted by molar-refractivity contribution is 5.89. The molecule has 7 nitrogen and oxygen atoms in total. The van der Waals surface area contributed by atoms with Crippen molar-refractivity contribution in [3.8, 4) is 11.4 Å². The number of aromatic nitrogens is 3. The van der Waals surface area contributed by atoms with Gasteiger partial charge in [-0.1, -0.05) is 25.5 Å². The van der Waals surface area contributed by atoms with Gasteiger partial charge in [0, 0.05) is 24.8 Å². The fraction of sp³-hybridized carbons (Fsp3) is 0.400. The lowest BCUT2D eigenvalue weighted by Gasteiger charge is -2.12. The van der Waals surface area contributed by atoms with E-state index >= 15 is 0 Å². The van der Waals surface area contributed by atoms with Gasteiger partial charge in [0.25, 0.3) is 0 Å². The van der Waals surface area contributed by atoms with E-state index in [4.69, 9.17) is 0 Å². The zero-order chi connectivity index (χ0) is 15.9. The summed E-state index contributed by atoms with van der Waals surface area (Å²) in [6, 6.07) is 6.95. The average molecular weight is 303 g/mol. The first-order valence-corrected chi connectivity index (χ1v) is 7.27. The summed E-state index contributed by atoms with van der Waals surface area (Å²) < 4.78 is 1.62. The second-order valence-electron chi connectivity index (χ2n) is 5.10. The van der Waals surface area contributed by atoms with Gasteiger partial charge < -0.3 is 15.7 Å². The highest BCUT2D eigenvalue weighted by Crippen LogP contribution is 2.18. The van der Waals surface area contributed by atoms with Gasteiger partial charge in [-0.2, -0.15) is 5.10 Å². The molecule has 2 amide bonds. The van der Waals surface area contributed by atoms with Crippen molar-refractivity contribution < 1.29 is 9.90 Å². The van der Waals surface area contributed by atoms with Crippen LogP contribution in [0.15, 0.2) is 30.6 Å². The summed E-state index contributed by atoms with van der Waals surface area (Å²) in [5.74, 6) is 0.602. The molecule has 0 aliphatic heterocycles. The summed E-state index contributed by atoms with van der Waals surface area (Å²) in [5.41, 5.74) is 1.47. The molecule has 0 unspecified atom stereocenters. The molecule has 1 aromatic carbocycles. The van der Waals surface area contributed by atoms with Gasteiger partial charge in [-0.3, -0.25) is 4.68 Å². The van der Waals surface area contributed by atoms with E-state index < -0.39 is 6.10 Å². The summed E-state index contributed by atoms with van der Waals surface area (Å²) >= 11 is 0. The van der Waals surface area contributed by atoms with Crippen molar-refractivity contribution in [3.63, 3.8) is 0 Å². The molecule has 118 valence electrons. The molecule has 1 aromatic heterocycles. The second-order valence-corrected chi connectivity index (χ2v) is 5.10. The fourth-order valence-corrected chi connectivity index (χ4v) is 2.03. The van der Waals surface area contributed by atoms with Crippen LogP contribution in [-0.4, -0.2) is 38.6 Å². The van der Waals surface area contributed by atoms with Crippen molar-refractivity contribution in [3.05, 3.63) is 30.6 Å². The standard InChI is InChI=1S/C15H21N5O2/c1-3-5-13(21)9-16-15(22)18-12-7-4-6-11(8-12)14-17-10-20(2)19-14/h4,6-8,10,13,21H,3,5,9H2,1-2H3,(H2,16,18,22)/t13-/m0/s1. The molecule has 0 fully saturated rings. The van der Waals surface area contributed by atoms with Crippen LogP contribution in [0.2, 0.25) is 0 Å². The van der Waals surface area contributed by atoms with Crippen molar-refractivity contribution in [1.82, 2.24) is 20.1 Å². The second kappa shape index (κ2) is 7.56. The molecule has 2 rings (SSSR count). The Labute approximate surface area is 129 Å². The van der Waals surface area contributed by atoms with E-state index in [0.29, 0.717) is 17.9 Å². The van der Waals surface area contributed by atoms with Gasteiger partial charge in [0.15, 0.2) is 5.82 Å². The molecule has 1 atom stereocenters. The Morgan fingerprint density at radius 3 is 2.95 bits per heavy atom. The van der Waals surface area contributed by atoms with Crippen molar-refractivity contribution in [1.29, 1.82) is 0 Å². The van der Waals surface area contributed by atoms with Crippen LogP contribution >= 0.6 is 0 Å². The number of amides is 2. The van der Waals surface area contributed by atoms with Crippen LogP contribution in [0.3, 0.4) is 0 Å². The van der Waals surface area contributed by atoms with E-state index in [2.05, 4.69) is 20.7 Å². The number of aliphatic hydroxyl groups is 1. The maximum atomic E-state index is 11.8. The SMILES string of the molecule is CCC[C@H](O)CNC(=O)Nc1cccc(-c2ncn(C)n2)c1. The third-order valence-corrected chi connectivity index (χ3v) is 3.10. The first-order valence-electron chi connectivity index (χ1n) is 7.27. The van der Waals surface area contributed by atoms with Crippen LogP contribution < -0.4 is 10.6 Å². The van der Waals surface area contributed by atoms with E-state index in [0.717, 1.165) is 12.0 Å². The minimum Gasteiger partial charge on any atom is -0.391 e. The number of hydrogen-bond donors (Lipinski definition) is 3. The van der Waals surface area contributed by atoms with E-state index in [1.165, 1.54) is 0 Å². The summed E-state index contributed by atoms with van der Waals surface area (Å²) in [6.45, 7) is 2.22. The quantitative estimate of drug-likeness (QED) is 0.758. The normalized spacial score (nSPS) is 12.0. The van der Waals surface area contributed by atoms with E-state index in [-0.39, 0.29) is 12.6 Å². The molecule has 0 aliphatic carbocycles. The van der Waals surface area contributed by atoms with Gasteiger partial charge in [-0.15, -0.1) is 0 Å². The number of aryl methyl sites for hydroxylation is 1. The zero-order valence-corrected chi connectivity index (χ0v) is 12.8. The van der Waals surface area contributed by atoms with Crippen LogP contribution in [0, 0.1) is 0 Å². The molecular formula is C15H21N5O2. The number of hydrogen-bond acceptors (Lipinski definition) is 4. The average Bonchev–Trinajstić information content (AvgIpc) is 2.92. The molecule has 0 spiro atoms. The third kappa shape index (κ3) is 4.56. The van der Waals surface area contributed by atoms with Crippen LogP contribution in [0.1, 0.15) is 19.8 Å². The summed E-state index contributed by atoms with van der Waals surface area (Å²) in [4.78, 5) is 16.0. The van der Waals surface area contributed by atoms with Gasteiger partial charge in [0.05, 0.1) is 6.10 Å². The monoisotopic (exact) mass is 303 g/mol. The molecule has 0 saturated heterocycles. The third-order valence-electron chi connectivity index (χ3n) is 3.10. The molecule has 0 aliphatic rings. The number of carbonyl (C=O) groups excluding carboxylic acids is 1. The maximum Gasteiger partial charge on any atom is 0.319 e. The predicted octanol–water partition coefficient (Wildman–Crippen LogP) is 1.76. The molecular weight excluding hydrogens is 282 g/mol. The molecule has 3 N–H and O–H groups in total. The van der Waals surface area contributed by atoms with Crippen LogP contribution in [0.4, 0.5) is 10.5 Å². The van der Waals surface area contributed by atoms with Crippen molar-refractivity contribution in [2.75, 3.05) is 11.9 Å². The minimum atomic E-state index is -0.514. The Morgan fingerprint density at radius 2 is 2.27 bits per heavy atom. The first kappa shape index (κ1) is 16.0. The lowest BCUT2D eigenvalue weighted by Crippen LogP contribution is -2.35. The number of anilines is 1. The number of rotatable bonds is 6. The smallest absolute Gasteiger partial charge is 0.319 e. The van der Waals surface area contributed by atoms with Crippen molar-refractivity contribution in [2.45, 2.75) is 25.9 Å². The largest absolute Gasteiger partial charge is 0.391 e. The van der Waals surface area contributed by atoms with E-state index in [9.17, 15) is 9.90 Å².